The number of hydrogen-bond acceptors (Lipinski definition) is 1. The van der Waals surface area contributed by atoms with E-state index in [0.29, 0.717) is 6.04 Å². The molecule has 0 N–H and O–H groups in total. The molecule has 2 nitrogen and oxygen atoms in total. The smallest absolute Gasteiger partial charge is 0.134 e. The summed E-state index contributed by atoms with van der Waals surface area (Å²) in [6.07, 6.45) is 2.61. The van der Waals surface area contributed by atoms with Gasteiger partial charge in [0.2, 0.25) is 0 Å². The normalized spacial score (nSPS) is 20.4. The number of quaternary nitrogens is 1. The summed E-state index contributed by atoms with van der Waals surface area (Å²) < 4.78 is 0.726. The van der Waals surface area contributed by atoms with E-state index in [0.717, 1.165) is 11.2 Å². The Bertz CT molecular complexity index is 294. The minimum atomic E-state index is 0.709. The van der Waals surface area contributed by atoms with Gasteiger partial charge in [-0.25, -0.2) is 4.84 Å². The zero-order valence-electron chi connectivity index (χ0n) is 8.94. The maximum absolute atomic E-state index is 5.60. The van der Waals surface area contributed by atoms with Crippen molar-refractivity contribution in [2.45, 2.75) is 25.4 Å². The molecule has 0 amide bonds. The van der Waals surface area contributed by atoms with Crippen molar-refractivity contribution in [3.63, 3.8) is 0 Å². The number of nitrogens with zero attached hydrogens (tertiary/aromatic N) is 1. The molecule has 0 spiro atoms. The van der Waals surface area contributed by atoms with Gasteiger partial charge in [-0.2, -0.15) is 4.65 Å². The summed E-state index contributed by atoms with van der Waals surface area (Å²) in [5.74, 6) is 0. The van der Waals surface area contributed by atoms with Crippen molar-refractivity contribution in [3.05, 3.63) is 35.9 Å². The molecule has 0 saturated heterocycles. The van der Waals surface area contributed by atoms with Gasteiger partial charge < -0.3 is 0 Å². The molecule has 1 aliphatic carbocycles. The SMILES string of the molecule is CO[N@+](C)(Cc1ccccc1)C1CC1. The van der Waals surface area contributed by atoms with Crippen LogP contribution in [0.1, 0.15) is 18.4 Å². The molecule has 0 aromatic heterocycles. The van der Waals surface area contributed by atoms with E-state index in [4.69, 9.17) is 4.84 Å². The molecule has 0 radical (unpaired) electrons. The van der Waals surface area contributed by atoms with Gasteiger partial charge in [-0.15, -0.1) is 0 Å². The first-order valence-corrected chi connectivity index (χ1v) is 5.19. The van der Waals surface area contributed by atoms with Crippen LogP contribution < -0.4 is 0 Å². The zero-order chi connectivity index (χ0) is 10.0. The Kier molecular flexibility index (Phi) is 2.57. The molecule has 14 heavy (non-hydrogen) atoms. The van der Waals surface area contributed by atoms with Crippen LogP contribution in [0.25, 0.3) is 0 Å². The van der Waals surface area contributed by atoms with Crippen LogP contribution in [0.4, 0.5) is 0 Å². The first-order chi connectivity index (χ1) is 6.74. The fourth-order valence-electron chi connectivity index (χ4n) is 1.91. The second-order valence-corrected chi connectivity index (χ2v) is 4.23. The Morgan fingerprint density at radius 1 is 1.29 bits per heavy atom. The van der Waals surface area contributed by atoms with Crippen LogP contribution in [0, 0.1) is 0 Å². The summed E-state index contributed by atoms with van der Waals surface area (Å²) in [7, 11) is 3.98. The summed E-state index contributed by atoms with van der Waals surface area (Å²) in [6.45, 7) is 0.974. The van der Waals surface area contributed by atoms with Gasteiger partial charge in [-0.3, -0.25) is 0 Å². The van der Waals surface area contributed by atoms with E-state index >= 15 is 0 Å². The molecule has 2 rings (SSSR count). The van der Waals surface area contributed by atoms with Crippen LogP contribution in [0.15, 0.2) is 30.3 Å². The van der Waals surface area contributed by atoms with Crippen LogP contribution in [-0.4, -0.2) is 24.8 Å². The van der Waals surface area contributed by atoms with Gasteiger partial charge >= 0.3 is 0 Å². The number of benzene rings is 1. The molecule has 1 aliphatic rings. The summed E-state index contributed by atoms with van der Waals surface area (Å²) in [5, 5.41) is 0. The van der Waals surface area contributed by atoms with Crippen molar-refractivity contribution in [1.82, 2.24) is 0 Å². The Labute approximate surface area is 85.7 Å². The molecule has 0 aliphatic heterocycles. The highest BCUT2D eigenvalue weighted by molar-refractivity contribution is 5.13. The van der Waals surface area contributed by atoms with Gasteiger partial charge in [0.15, 0.2) is 0 Å². The fraction of sp³-hybridized carbons (Fsp3) is 0.500. The summed E-state index contributed by atoms with van der Waals surface area (Å²) in [5.41, 5.74) is 1.35. The third-order valence-electron chi connectivity index (χ3n) is 3.08. The van der Waals surface area contributed by atoms with Crippen molar-refractivity contribution in [3.8, 4) is 0 Å². The molecule has 1 atom stereocenters. The zero-order valence-corrected chi connectivity index (χ0v) is 8.94. The van der Waals surface area contributed by atoms with Crippen LogP contribution in [0.5, 0.6) is 0 Å². The molecular formula is C12H18NO+. The first-order valence-electron chi connectivity index (χ1n) is 5.19. The van der Waals surface area contributed by atoms with E-state index in [1.54, 1.807) is 7.11 Å². The Hall–Kier alpha value is -0.860. The molecule has 2 heteroatoms. The topological polar surface area (TPSA) is 9.23 Å². The number of hydrogen-bond donors (Lipinski definition) is 0. The molecule has 76 valence electrons. The van der Waals surface area contributed by atoms with Gasteiger partial charge in [0, 0.05) is 18.4 Å². The lowest BCUT2D eigenvalue weighted by atomic mass is 10.2. The van der Waals surface area contributed by atoms with E-state index in [9.17, 15) is 0 Å². The van der Waals surface area contributed by atoms with Crippen molar-refractivity contribution >= 4 is 0 Å². The van der Waals surface area contributed by atoms with Crippen molar-refractivity contribution in [2.24, 2.45) is 0 Å². The second-order valence-electron chi connectivity index (χ2n) is 4.23. The highest BCUT2D eigenvalue weighted by Gasteiger charge is 2.43. The molecule has 0 unspecified atom stereocenters. The van der Waals surface area contributed by atoms with E-state index in [2.05, 4.69) is 37.4 Å². The van der Waals surface area contributed by atoms with Crippen molar-refractivity contribution < 1.29 is 9.48 Å². The lowest BCUT2D eigenvalue weighted by Gasteiger charge is -2.30. The second kappa shape index (κ2) is 3.71. The van der Waals surface area contributed by atoms with Crippen LogP contribution >= 0.6 is 0 Å². The van der Waals surface area contributed by atoms with Crippen molar-refractivity contribution in [2.75, 3.05) is 14.2 Å². The molecule has 1 fully saturated rings. The number of hydroxylamine groups is 3. The average molecular weight is 192 g/mol. The predicted molar refractivity (Wildman–Crippen MR) is 56.4 cm³/mol. The molecule has 1 saturated carbocycles. The number of rotatable bonds is 4. The van der Waals surface area contributed by atoms with Crippen LogP contribution in [0.3, 0.4) is 0 Å². The lowest BCUT2D eigenvalue weighted by Crippen LogP contribution is -2.44. The Balaban J connectivity index is 2.08. The van der Waals surface area contributed by atoms with E-state index < -0.39 is 0 Å². The third-order valence-corrected chi connectivity index (χ3v) is 3.08. The largest absolute Gasteiger partial charge is 0.206 e. The molecule has 0 heterocycles. The average Bonchev–Trinajstić information content (AvgIpc) is 3.03. The summed E-state index contributed by atoms with van der Waals surface area (Å²) in [6, 6.07) is 11.3. The maximum atomic E-state index is 5.60. The van der Waals surface area contributed by atoms with E-state index in [1.807, 2.05) is 0 Å². The van der Waals surface area contributed by atoms with E-state index in [-0.39, 0.29) is 0 Å². The third kappa shape index (κ3) is 1.97. The summed E-state index contributed by atoms with van der Waals surface area (Å²) >= 11 is 0. The molecule has 1 aromatic carbocycles. The first kappa shape index (κ1) is 9.69. The quantitative estimate of drug-likeness (QED) is 0.525. The van der Waals surface area contributed by atoms with Gasteiger partial charge in [-0.1, -0.05) is 30.3 Å². The van der Waals surface area contributed by atoms with Crippen LogP contribution in [0.2, 0.25) is 0 Å². The van der Waals surface area contributed by atoms with Gasteiger partial charge in [0.1, 0.15) is 12.6 Å². The summed E-state index contributed by atoms with van der Waals surface area (Å²) in [4.78, 5) is 5.60. The Morgan fingerprint density at radius 3 is 2.43 bits per heavy atom. The van der Waals surface area contributed by atoms with Gasteiger partial charge in [0.25, 0.3) is 0 Å². The lowest BCUT2D eigenvalue weighted by molar-refractivity contribution is -1.11. The maximum Gasteiger partial charge on any atom is 0.134 e. The van der Waals surface area contributed by atoms with Crippen molar-refractivity contribution in [1.29, 1.82) is 0 Å². The molecule has 1 aromatic rings. The van der Waals surface area contributed by atoms with Gasteiger partial charge in [-0.05, 0) is 0 Å². The molecule has 0 bridgehead atoms. The fourth-order valence-corrected chi connectivity index (χ4v) is 1.91. The monoisotopic (exact) mass is 192 g/mol. The highest BCUT2D eigenvalue weighted by Crippen LogP contribution is 2.33. The minimum absolute atomic E-state index is 0.709. The van der Waals surface area contributed by atoms with Gasteiger partial charge in [0.05, 0.1) is 14.2 Å². The molecular weight excluding hydrogens is 174 g/mol. The highest BCUT2D eigenvalue weighted by atomic mass is 16.7. The predicted octanol–water partition coefficient (Wildman–Crippen LogP) is 2.36. The standard InChI is InChI=1S/C12H18NO/c1-13(14-2,12-8-9-12)10-11-6-4-3-5-7-11/h3-7,12H,8-10H2,1-2H3/q+1/t13-/m1/s1. The Morgan fingerprint density at radius 2 is 1.93 bits per heavy atom. The minimum Gasteiger partial charge on any atom is -0.206 e. The van der Waals surface area contributed by atoms with E-state index in [1.165, 1.54) is 18.4 Å². The van der Waals surface area contributed by atoms with Crippen LogP contribution in [-0.2, 0) is 11.4 Å².